The predicted octanol–water partition coefficient (Wildman–Crippen LogP) is 2.92. The van der Waals surface area contributed by atoms with Crippen LogP contribution in [0.15, 0.2) is 53.7 Å². The van der Waals surface area contributed by atoms with Gasteiger partial charge in [-0.25, -0.2) is 4.79 Å². The van der Waals surface area contributed by atoms with Gasteiger partial charge in [0.25, 0.3) is 5.91 Å². The molecule has 0 aliphatic heterocycles. The fourth-order valence-corrected chi connectivity index (χ4v) is 3.51. The Morgan fingerprint density at radius 3 is 2.56 bits per heavy atom. The first-order valence-electron chi connectivity index (χ1n) is 9.40. The minimum atomic E-state index is -0.481. The molecule has 0 fully saturated rings. The second kappa shape index (κ2) is 10.8. The Labute approximate surface area is 193 Å². The van der Waals surface area contributed by atoms with Gasteiger partial charge in [0.1, 0.15) is 0 Å². The van der Waals surface area contributed by atoms with E-state index in [0.29, 0.717) is 32.8 Å². The van der Waals surface area contributed by atoms with Crippen LogP contribution in [-0.2, 0) is 23.1 Å². The number of amides is 2. The Balaban J connectivity index is 1.52. The molecule has 0 unspecified atom stereocenters. The molecule has 9 nitrogen and oxygen atoms in total. The van der Waals surface area contributed by atoms with E-state index in [-0.39, 0.29) is 24.1 Å². The summed E-state index contributed by atoms with van der Waals surface area (Å²) in [4.78, 5) is 36.1. The van der Waals surface area contributed by atoms with Crippen molar-refractivity contribution in [3.63, 3.8) is 0 Å². The quantitative estimate of drug-likeness (QED) is 0.381. The van der Waals surface area contributed by atoms with E-state index in [4.69, 9.17) is 11.6 Å². The third-order valence-corrected chi connectivity index (χ3v) is 5.61. The minimum Gasteiger partial charge on any atom is -0.465 e. The van der Waals surface area contributed by atoms with Crippen LogP contribution in [0.2, 0.25) is 5.02 Å². The summed E-state index contributed by atoms with van der Waals surface area (Å²) in [7, 11) is 3.05. The molecule has 0 spiro atoms. The number of rotatable bonds is 8. The highest BCUT2D eigenvalue weighted by Crippen LogP contribution is 2.17. The summed E-state index contributed by atoms with van der Waals surface area (Å²) in [5.41, 5.74) is 1.32. The number of benzene rings is 2. The second-order valence-corrected chi connectivity index (χ2v) is 7.94. The van der Waals surface area contributed by atoms with Gasteiger partial charge in [0.2, 0.25) is 5.91 Å². The molecule has 11 heteroatoms. The zero-order chi connectivity index (χ0) is 23.1. The Bertz CT molecular complexity index is 1130. The molecular weight excluding hydrogens is 454 g/mol. The lowest BCUT2D eigenvalue weighted by molar-refractivity contribution is -0.113. The topological polar surface area (TPSA) is 115 Å². The summed E-state index contributed by atoms with van der Waals surface area (Å²) in [6.45, 7) is 0.179. The maximum Gasteiger partial charge on any atom is 0.337 e. The summed E-state index contributed by atoms with van der Waals surface area (Å²) in [6, 6.07) is 13.0. The van der Waals surface area contributed by atoms with Crippen molar-refractivity contribution < 1.29 is 19.1 Å². The SMILES string of the molecule is COC(=O)c1cccc(NC(=O)CSc2nnc(CNC(=O)c3ccc(Cl)cc3)n2C)c1. The van der Waals surface area contributed by atoms with Crippen LogP contribution in [0.1, 0.15) is 26.5 Å². The molecule has 1 heterocycles. The molecule has 2 N–H and O–H groups in total. The van der Waals surface area contributed by atoms with Crippen LogP contribution in [0.5, 0.6) is 0 Å². The maximum atomic E-state index is 12.3. The van der Waals surface area contributed by atoms with Gasteiger partial charge in [-0.15, -0.1) is 10.2 Å². The maximum absolute atomic E-state index is 12.3. The van der Waals surface area contributed by atoms with Crippen molar-refractivity contribution in [1.82, 2.24) is 20.1 Å². The predicted molar refractivity (Wildman–Crippen MR) is 121 cm³/mol. The van der Waals surface area contributed by atoms with E-state index < -0.39 is 5.97 Å². The van der Waals surface area contributed by atoms with Gasteiger partial charge in [0.05, 0.1) is 25.0 Å². The lowest BCUT2D eigenvalue weighted by Crippen LogP contribution is -2.24. The lowest BCUT2D eigenvalue weighted by Gasteiger charge is -2.07. The normalized spacial score (nSPS) is 10.5. The number of aromatic nitrogens is 3. The standard InChI is InChI=1S/C21H20ClN5O4S/c1-27-17(11-23-19(29)13-6-8-15(22)9-7-13)25-26-21(27)32-12-18(28)24-16-5-3-4-14(10-16)20(30)31-2/h3-10H,11-12H2,1-2H3,(H,23,29)(H,24,28). The van der Waals surface area contributed by atoms with Crippen LogP contribution in [0.3, 0.4) is 0 Å². The minimum absolute atomic E-state index is 0.0888. The van der Waals surface area contributed by atoms with Gasteiger partial charge in [-0.3, -0.25) is 9.59 Å². The highest BCUT2D eigenvalue weighted by atomic mass is 35.5. The van der Waals surface area contributed by atoms with Gasteiger partial charge in [-0.2, -0.15) is 0 Å². The third-order valence-electron chi connectivity index (χ3n) is 4.34. The number of carbonyl (C=O) groups is 3. The number of hydrogen-bond donors (Lipinski definition) is 2. The number of halogens is 1. The zero-order valence-corrected chi connectivity index (χ0v) is 18.9. The number of hydrogen-bond acceptors (Lipinski definition) is 7. The molecule has 32 heavy (non-hydrogen) atoms. The molecule has 0 aliphatic rings. The fraction of sp³-hybridized carbons (Fsp3) is 0.190. The van der Waals surface area contributed by atoms with Crippen molar-refractivity contribution >= 4 is 46.8 Å². The molecule has 0 aliphatic carbocycles. The van der Waals surface area contributed by atoms with E-state index in [9.17, 15) is 14.4 Å². The number of thioether (sulfide) groups is 1. The largest absolute Gasteiger partial charge is 0.465 e. The first kappa shape index (κ1) is 23.3. The Morgan fingerprint density at radius 2 is 1.84 bits per heavy atom. The number of nitrogens with zero attached hydrogens (tertiary/aromatic N) is 3. The van der Waals surface area contributed by atoms with Crippen molar-refractivity contribution in [2.24, 2.45) is 7.05 Å². The van der Waals surface area contributed by atoms with E-state index in [1.54, 1.807) is 54.1 Å². The van der Waals surface area contributed by atoms with Crippen molar-refractivity contribution in [2.45, 2.75) is 11.7 Å². The van der Waals surface area contributed by atoms with E-state index in [1.165, 1.54) is 24.9 Å². The Kier molecular flexibility index (Phi) is 7.85. The van der Waals surface area contributed by atoms with Crippen molar-refractivity contribution in [3.8, 4) is 0 Å². The highest BCUT2D eigenvalue weighted by Gasteiger charge is 2.14. The van der Waals surface area contributed by atoms with Gasteiger partial charge >= 0.3 is 5.97 Å². The molecule has 1 aromatic heterocycles. The van der Waals surface area contributed by atoms with Gasteiger partial charge in [-0.1, -0.05) is 29.4 Å². The molecule has 3 rings (SSSR count). The van der Waals surface area contributed by atoms with Gasteiger partial charge < -0.3 is 19.9 Å². The fourth-order valence-electron chi connectivity index (χ4n) is 2.66. The molecule has 0 atom stereocenters. The average molecular weight is 474 g/mol. The monoisotopic (exact) mass is 473 g/mol. The van der Waals surface area contributed by atoms with Gasteiger partial charge in [0, 0.05) is 23.3 Å². The average Bonchev–Trinajstić information content (AvgIpc) is 3.15. The van der Waals surface area contributed by atoms with Crippen molar-refractivity contribution in [3.05, 3.63) is 70.5 Å². The molecule has 0 radical (unpaired) electrons. The van der Waals surface area contributed by atoms with Crippen molar-refractivity contribution in [2.75, 3.05) is 18.2 Å². The van der Waals surface area contributed by atoms with E-state index in [1.807, 2.05) is 0 Å². The number of methoxy groups -OCH3 is 1. The van der Waals surface area contributed by atoms with Crippen LogP contribution in [0, 0.1) is 0 Å². The van der Waals surface area contributed by atoms with Crippen LogP contribution in [0.25, 0.3) is 0 Å². The molecule has 0 bridgehead atoms. The van der Waals surface area contributed by atoms with E-state index in [0.717, 1.165) is 0 Å². The molecule has 0 saturated heterocycles. The summed E-state index contributed by atoms with van der Waals surface area (Å²) in [6.07, 6.45) is 0. The van der Waals surface area contributed by atoms with Crippen LogP contribution in [0.4, 0.5) is 5.69 Å². The zero-order valence-electron chi connectivity index (χ0n) is 17.3. The summed E-state index contributed by atoms with van der Waals surface area (Å²) in [5, 5.41) is 14.7. The number of anilines is 1. The molecule has 2 aromatic carbocycles. The van der Waals surface area contributed by atoms with Crippen molar-refractivity contribution in [1.29, 1.82) is 0 Å². The number of esters is 1. The molecule has 166 valence electrons. The summed E-state index contributed by atoms with van der Waals surface area (Å²) < 4.78 is 6.38. The Morgan fingerprint density at radius 1 is 1.09 bits per heavy atom. The van der Waals surface area contributed by atoms with E-state index >= 15 is 0 Å². The second-order valence-electron chi connectivity index (χ2n) is 6.56. The third kappa shape index (κ3) is 6.08. The smallest absolute Gasteiger partial charge is 0.337 e. The number of nitrogens with one attached hydrogen (secondary N) is 2. The van der Waals surface area contributed by atoms with Gasteiger partial charge in [0.15, 0.2) is 11.0 Å². The number of carbonyl (C=O) groups excluding carboxylic acids is 3. The lowest BCUT2D eigenvalue weighted by atomic mass is 10.2. The van der Waals surface area contributed by atoms with Crippen LogP contribution in [-0.4, -0.2) is 45.4 Å². The van der Waals surface area contributed by atoms with Crippen LogP contribution < -0.4 is 10.6 Å². The van der Waals surface area contributed by atoms with Gasteiger partial charge in [-0.05, 0) is 42.5 Å². The molecular formula is C21H20ClN5O4S. The summed E-state index contributed by atoms with van der Waals surface area (Å²) >= 11 is 7.03. The first-order valence-corrected chi connectivity index (χ1v) is 10.8. The number of ether oxygens (including phenoxy) is 1. The highest BCUT2D eigenvalue weighted by molar-refractivity contribution is 7.99. The molecule has 3 aromatic rings. The first-order chi connectivity index (χ1) is 15.4. The van der Waals surface area contributed by atoms with E-state index in [2.05, 4.69) is 25.6 Å². The Hall–Kier alpha value is -3.37. The van der Waals surface area contributed by atoms with Crippen LogP contribution >= 0.6 is 23.4 Å². The summed E-state index contributed by atoms with van der Waals surface area (Å²) in [5.74, 6) is -0.373. The molecule has 0 saturated carbocycles. The molecule has 2 amide bonds.